The monoisotopic (exact) mass is 280 g/mol. The summed E-state index contributed by atoms with van der Waals surface area (Å²) in [4.78, 5) is 2.61. The van der Waals surface area contributed by atoms with Crippen molar-refractivity contribution in [2.75, 3.05) is 13.1 Å². The lowest BCUT2D eigenvalue weighted by molar-refractivity contribution is 0.113. The molecule has 2 nitrogen and oxygen atoms in total. The number of hydrogen-bond acceptors (Lipinski definition) is 2. The van der Waals surface area contributed by atoms with E-state index in [1.165, 1.54) is 24.8 Å². The van der Waals surface area contributed by atoms with E-state index in [1.54, 1.807) is 0 Å². The van der Waals surface area contributed by atoms with Crippen molar-refractivity contribution in [3.8, 4) is 0 Å². The molecule has 19 heavy (non-hydrogen) atoms. The molecule has 0 amide bonds. The van der Waals surface area contributed by atoms with Gasteiger partial charge in [-0.05, 0) is 24.5 Å². The highest BCUT2D eigenvalue weighted by atomic mass is 35.5. The van der Waals surface area contributed by atoms with Gasteiger partial charge in [-0.1, -0.05) is 50.1 Å². The molecule has 0 spiro atoms. The largest absolute Gasteiger partial charge is 0.311 e. The summed E-state index contributed by atoms with van der Waals surface area (Å²) in [5.41, 5.74) is 1.25. The molecular formula is C16H25ClN2. The summed E-state index contributed by atoms with van der Waals surface area (Å²) in [6.07, 6.45) is 3.69. The molecule has 2 atom stereocenters. The average molecular weight is 281 g/mol. The van der Waals surface area contributed by atoms with Gasteiger partial charge in [0.25, 0.3) is 0 Å². The molecule has 1 aliphatic rings. The van der Waals surface area contributed by atoms with Gasteiger partial charge in [-0.15, -0.1) is 0 Å². The van der Waals surface area contributed by atoms with Gasteiger partial charge in [-0.3, -0.25) is 4.90 Å². The number of benzene rings is 1. The second-order valence-electron chi connectivity index (χ2n) is 5.48. The van der Waals surface area contributed by atoms with E-state index in [4.69, 9.17) is 11.6 Å². The molecule has 106 valence electrons. The van der Waals surface area contributed by atoms with Crippen LogP contribution in [0.1, 0.15) is 38.7 Å². The molecule has 1 aromatic rings. The molecule has 0 bridgehead atoms. The van der Waals surface area contributed by atoms with E-state index in [9.17, 15) is 0 Å². The van der Waals surface area contributed by atoms with Crippen LogP contribution in [0.25, 0.3) is 0 Å². The number of halogens is 1. The standard InChI is InChI=1S/C16H25ClN2/c1-3-7-15-10-18-14(4-2)12-19(15)11-13-8-5-6-9-16(13)17/h5-6,8-9,14-15,18H,3-4,7,10-12H2,1-2H3. The Hall–Kier alpha value is -0.570. The van der Waals surface area contributed by atoms with Crippen molar-refractivity contribution in [3.63, 3.8) is 0 Å². The minimum Gasteiger partial charge on any atom is -0.311 e. The Morgan fingerprint density at radius 2 is 2.11 bits per heavy atom. The fourth-order valence-electron chi connectivity index (χ4n) is 2.86. The van der Waals surface area contributed by atoms with Gasteiger partial charge in [0.15, 0.2) is 0 Å². The lowest BCUT2D eigenvalue weighted by Gasteiger charge is -2.40. The lowest BCUT2D eigenvalue weighted by Crippen LogP contribution is -2.55. The number of hydrogen-bond donors (Lipinski definition) is 1. The quantitative estimate of drug-likeness (QED) is 0.885. The summed E-state index contributed by atoms with van der Waals surface area (Å²) in [5, 5.41) is 4.55. The number of piperazine rings is 1. The molecule has 2 unspecified atom stereocenters. The van der Waals surface area contributed by atoms with Gasteiger partial charge in [0.05, 0.1) is 0 Å². The summed E-state index contributed by atoms with van der Waals surface area (Å²) < 4.78 is 0. The summed E-state index contributed by atoms with van der Waals surface area (Å²) in [6, 6.07) is 9.48. The van der Waals surface area contributed by atoms with Crippen LogP contribution in [0.3, 0.4) is 0 Å². The number of nitrogens with one attached hydrogen (secondary N) is 1. The van der Waals surface area contributed by atoms with Gasteiger partial charge >= 0.3 is 0 Å². The van der Waals surface area contributed by atoms with Crippen molar-refractivity contribution < 1.29 is 0 Å². The second-order valence-corrected chi connectivity index (χ2v) is 5.88. The summed E-state index contributed by atoms with van der Waals surface area (Å²) in [6.45, 7) is 7.73. The van der Waals surface area contributed by atoms with E-state index in [0.29, 0.717) is 12.1 Å². The topological polar surface area (TPSA) is 15.3 Å². The predicted molar refractivity (Wildman–Crippen MR) is 82.6 cm³/mol. The summed E-state index contributed by atoms with van der Waals surface area (Å²) >= 11 is 6.30. The Balaban J connectivity index is 2.07. The zero-order chi connectivity index (χ0) is 13.7. The molecule has 0 aliphatic carbocycles. The highest BCUT2D eigenvalue weighted by molar-refractivity contribution is 6.31. The molecule has 2 rings (SSSR count). The minimum absolute atomic E-state index is 0.621. The molecular weight excluding hydrogens is 256 g/mol. The average Bonchev–Trinajstić information content (AvgIpc) is 2.43. The molecule has 1 aliphatic heterocycles. The van der Waals surface area contributed by atoms with Gasteiger partial charge in [-0.25, -0.2) is 0 Å². The zero-order valence-corrected chi connectivity index (χ0v) is 12.8. The van der Waals surface area contributed by atoms with Gasteiger partial charge in [-0.2, -0.15) is 0 Å². The van der Waals surface area contributed by atoms with Crippen LogP contribution in [-0.2, 0) is 6.54 Å². The van der Waals surface area contributed by atoms with Crippen molar-refractivity contribution in [1.29, 1.82) is 0 Å². The van der Waals surface area contributed by atoms with Crippen molar-refractivity contribution in [2.45, 2.75) is 51.7 Å². The van der Waals surface area contributed by atoms with Crippen LogP contribution < -0.4 is 5.32 Å². The SMILES string of the molecule is CCCC1CNC(CC)CN1Cc1ccccc1Cl. The van der Waals surface area contributed by atoms with Crippen molar-refractivity contribution >= 4 is 11.6 Å². The number of rotatable bonds is 5. The van der Waals surface area contributed by atoms with Crippen LogP contribution in [0.15, 0.2) is 24.3 Å². The van der Waals surface area contributed by atoms with E-state index < -0.39 is 0 Å². The Kier molecular flexibility index (Phi) is 5.68. The molecule has 1 aromatic carbocycles. The van der Waals surface area contributed by atoms with E-state index in [-0.39, 0.29) is 0 Å². The smallest absolute Gasteiger partial charge is 0.0451 e. The second kappa shape index (κ2) is 7.28. The maximum atomic E-state index is 6.30. The molecule has 1 saturated heterocycles. The first-order valence-corrected chi connectivity index (χ1v) is 7.83. The summed E-state index contributed by atoms with van der Waals surface area (Å²) in [5.74, 6) is 0. The highest BCUT2D eigenvalue weighted by Gasteiger charge is 2.26. The molecule has 0 saturated carbocycles. The fraction of sp³-hybridized carbons (Fsp3) is 0.625. The first-order chi connectivity index (χ1) is 9.24. The molecule has 3 heteroatoms. The van der Waals surface area contributed by atoms with Crippen molar-refractivity contribution in [1.82, 2.24) is 10.2 Å². The molecule has 1 heterocycles. The van der Waals surface area contributed by atoms with E-state index in [2.05, 4.69) is 36.2 Å². The zero-order valence-electron chi connectivity index (χ0n) is 12.0. The third kappa shape index (κ3) is 3.95. The number of nitrogens with zero attached hydrogens (tertiary/aromatic N) is 1. The van der Waals surface area contributed by atoms with Crippen molar-refractivity contribution in [2.24, 2.45) is 0 Å². The maximum absolute atomic E-state index is 6.30. The van der Waals surface area contributed by atoms with E-state index in [1.807, 2.05) is 12.1 Å². The van der Waals surface area contributed by atoms with Gasteiger partial charge in [0.2, 0.25) is 0 Å². The first-order valence-electron chi connectivity index (χ1n) is 7.45. The third-order valence-electron chi connectivity index (χ3n) is 4.06. The minimum atomic E-state index is 0.621. The van der Waals surface area contributed by atoms with Crippen molar-refractivity contribution in [3.05, 3.63) is 34.9 Å². The molecule has 0 aromatic heterocycles. The van der Waals surface area contributed by atoms with Crippen LogP contribution >= 0.6 is 11.6 Å². The van der Waals surface area contributed by atoms with Crippen LogP contribution in [-0.4, -0.2) is 30.1 Å². The summed E-state index contributed by atoms with van der Waals surface area (Å²) in [7, 11) is 0. The van der Waals surface area contributed by atoms with E-state index >= 15 is 0 Å². The molecule has 0 radical (unpaired) electrons. The van der Waals surface area contributed by atoms with Crippen LogP contribution in [0.4, 0.5) is 0 Å². The highest BCUT2D eigenvalue weighted by Crippen LogP contribution is 2.21. The Morgan fingerprint density at radius 3 is 2.79 bits per heavy atom. The Morgan fingerprint density at radius 1 is 1.32 bits per heavy atom. The Bertz CT molecular complexity index is 394. The molecule has 1 fully saturated rings. The third-order valence-corrected chi connectivity index (χ3v) is 4.43. The van der Waals surface area contributed by atoms with E-state index in [0.717, 1.165) is 24.7 Å². The lowest BCUT2D eigenvalue weighted by atomic mass is 10.0. The van der Waals surface area contributed by atoms with Gasteiger partial charge < -0.3 is 5.32 Å². The van der Waals surface area contributed by atoms with Crippen LogP contribution in [0, 0.1) is 0 Å². The first kappa shape index (κ1) is 14.8. The fourth-order valence-corrected chi connectivity index (χ4v) is 3.05. The van der Waals surface area contributed by atoms with Crippen LogP contribution in [0.5, 0.6) is 0 Å². The predicted octanol–water partition coefficient (Wildman–Crippen LogP) is 3.69. The van der Waals surface area contributed by atoms with Gasteiger partial charge in [0.1, 0.15) is 0 Å². The van der Waals surface area contributed by atoms with Gasteiger partial charge in [0, 0.05) is 36.7 Å². The normalized spacial score (nSPS) is 24.6. The molecule has 1 N–H and O–H groups in total. The van der Waals surface area contributed by atoms with Crippen LogP contribution in [0.2, 0.25) is 5.02 Å². The maximum Gasteiger partial charge on any atom is 0.0451 e. The Labute approximate surface area is 122 Å².